The van der Waals surface area contributed by atoms with E-state index in [1.807, 2.05) is 11.3 Å². The predicted molar refractivity (Wildman–Crippen MR) is 165 cm³/mol. The average Bonchev–Trinajstić information content (AvgIpc) is 3.53. The molecule has 8 aromatic rings. The van der Waals surface area contributed by atoms with Crippen LogP contribution in [0.2, 0.25) is 0 Å². The molecule has 0 saturated heterocycles. The van der Waals surface area contributed by atoms with Gasteiger partial charge < -0.3 is 4.57 Å². The molecule has 0 fully saturated rings. The highest BCUT2D eigenvalue weighted by molar-refractivity contribution is 7.26. The maximum atomic E-state index is 2.49. The number of thiophene rings is 1. The maximum Gasteiger partial charge on any atom is 0.0634 e. The molecule has 0 bridgehead atoms. The van der Waals surface area contributed by atoms with E-state index < -0.39 is 0 Å². The molecule has 0 radical (unpaired) electrons. The predicted octanol–water partition coefficient (Wildman–Crippen LogP) is 10.5. The summed E-state index contributed by atoms with van der Waals surface area (Å²) in [4.78, 5) is 0. The quantitative estimate of drug-likeness (QED) is 0.227. The largest absolute Gasteiger partial charge is 0.309 e. The zero-order valence-electron chi connectivity index (χ0n) is 20.6. The van der Waals surface area contributed by atoms with Crippen LogP contribution in [0.5, 0.6) is 0 Å². The summed E-state index contributed by atoms with van der Waals surface area (Å²) >= 11 is 1.88. The van der Waals surface area contributed by atoms with Gasteiger partial charge in [0.05, 0.1) is 11.0 Å². The van der Waals surface area contributed by atoms with Crippen LogP contribution in [0.15, 0.2) is 140 Å². The van der Waals surface area contributed by atoms with Crippen LogP contribution in [-0.2, 0) is 0 Å². The van der Waals surface area contributed by atoms with E-state index in [1.165, 1.54) is 69.9 Å². The molecule has 2 aromatic heterocycles. The molecule has 8 rings (SSSR count). The molecule has 0 spiro atoms. The molecule has 0 unspecified atom stereocenters. The highest BCUT2D eigenvalue weighted by atomic mass is 32.1. The molecule has 0 atom stereocenters. The van der Waals surface area contributed by atoms with Gasteiger partial charge in [0.2, 0.25) is 0 Å². The number of rotatable bonds is 3. The van der Waals surface area contributed by atoms with Gasteiger partial charge in [-0.1, -0.05) is 103 Å². The van der Waals surface area contributed by atoms with Gasteiger partial charge in [0, 0.05) is 36.6 Å². The highest BCUT2D eigenvalue weighted by Gasteiger charge is 2.19. The van der Waals surface area contributed by atoms with Crippen molar-refractivity contribution >= 4 is 53.3 Å². The van der Waals surface area contributed by atoms with Crippen molar-refractivity contribution in [3.8, 4) is 27.9 Å². The summed E-state index contributed by atoms with van der Waals surface area (Å²) in [6.45, 7) is 0. The third kappa shape index (κ3) is 3.24. The van der Waals surface area contributed by atoms with Crippen LogP contribution in [0.4, 0.5) is 0 Å². The summed E-state index contributed by atoms with van der Waals surface area (Å²) in [5.74, 6) is 0. The monoisotopic (exact) mass is 501 g/mol. The Morgan fingerprint density at radius 2 is 1.03 bits per heavy atom. The Morgan fingerprint density at radius 1 is 0.421 bits per heavy atom. The summed E-state index contributed by atoms with van der Waals surface area (Å²) in [7, 11) is 0. The van der Waals surface area contributed by atoms with Gasteiger partial charge in [-0.15, -0.1) is 11.3 Å². The Kier molecular flexibility index (Phi) is 4.76. The lowest BCUT2D eigenvalue weighted by Gasteiger charge is -2.14. The lowest BCUT2D eigenvalue weighted by molar-refractivity contribution is 1.19. The Morgan fingerprint density at radius 3 is 1.74 bits per heavy atom. The number of nitrogens with zero attached hydrogens (tertiary/aromatic N) is 1. The molecule has 0 aliphatic carbocycles. The van der Waals surface area contributed by atoms with E-state index in [2.05, 4.69) is 144 Å². The molecular formula is C36H23NS. The van der Waals surface area contributed by atoms with E-state index in [0.29, 0.717) is 0 Å². The Labute approximate surface area is 224 Å². The van der Waals surface area contributed by atoms with Crippen LogP contribution in [-0.4, -0.2) is 4.57 Å². The van der Waals surface area contributed by atoms with Crippen molar-refractivity contribution in [1.29, 1.82) is 0 Å². The molecule has 38 heavy (non-hydrogen) atoms. The molecule has 0 aliphatic heterocycles. The second kappa shape index (κ2) is 8.44. The molecule has 0 saturated carbocycles. The SMILES string of the molecule is c1ccc(-c2cc(-c3ccccc3)cc(-n3c4ccccc4c4ccc5sc6ccccc6c5c43)c2)cc1. The van der Waals surface area contributed by atoms with Crippen molar-refractivity contribution in [2.75, 3.05) is 0 Å². The fourth-order valence-electron chi connectivity index (χ4n) is 5.87. The summed E-state index contributed by atoms with van der Waals surface area (Å²) in [6.07, 6.45) is 0. The summed E-state index contributed by atoms with van der Waals surface area (Å²) in [6, 6.07) is 50.7. The van der Waals surface area contributed by atoms with Crippen LogP contribution in [0.3, 0.4) is 0 Å². The molecule has 0 N–H and O–H groups in total. The third-order valence-corrected chi connectivity index (χ3v) is 8.70. The zero-order chi connectivity index (χ0) is 25.1. The van der Waals surface area contributed by atoms with Gasteiger partial charge in [0.25, 0.3) is 0 Å². The summed E-state index contributed by atoms with van der Waals surface area (Å²) < 4.78 is 5.14. The normalized spacial score (nSPS) is 11.7. The second-order valence-electron chi connectivity index (χ2n) is 9.79. The van der Waals surface area contributed by atoms with Crippen molar-refractivity contribution < 1.29 is 0 Å². The first kappa shape index (κ1) is 21.4. The van der Waals surface area contributed by atoms with Gasteiger partial charge in [-0.3, -0.25) is 0 Å². The van der Waals surface area contributed by atoms with Crippen molar-refractivity contribution in [3.05, 3.63) is 140 Å². The van der Waals surface area contributed by atoms with Gasteiger partial charge in [0.15, 0.2) is 0 Å². The lowest BCUT2D eigenvalue weighted by atomic mass is 9.98. The Balaban J connectivity index is 1.54. The third-order valence-electron chi connectivity index (χ3n) is 7.56. The molecule has 6 aromatic carbocycles. The highest BCUT2D eigenvalue weighted by Crippen LogP contribution is 2.43. The number of para-hydroxylation sites is 1. The molecule has 0 amide bonds. The van der Waals surface area contributed by atoms with Crippen molar-refractivity contribution in [1.82, 2.24) is 4.57 Å². The van der Waals surface area contributed by atoms with Crippen molar-refractivity contribution in [2.45, 2.75) is 0 Å². The summed E-state index contributed by atoms with van der Waals surface area (Å²) in [5, 5.41) is 5.24. The van der Waals surface area contributed by atoms with Crippen molar-refractivity contribution in [3.63, 3.8) is 0 Å². The van der Waals surface area contributed by atoms with Gasteiger partial charge in [-0.25, -0.2) is 0 Å². The number of hydrogen-bond acceptors (Lipinski definition) is 1. The fraction of sp³-hybridized carbons (Fsp3) is 0. The van der Waals surface area contributed by atoms with E-state index in [9.17, 15) is 0 Å². The van der Waals surface area contributed by atoms with E-state index in [0.717, 1.165) is 0 Å². The van der Waals surface area contributed by atoms with Gasteiger partial charge in [0.1, 0.15) is 0 Å². The van der Waals surface area contributed by atoms with E-state index in [4.69, 9.17) is 0 Å². The molecular weight excluding hydrogens is 478 g/mol. The van der Waals surface area contributed by atoms with E-state index in [-0.39, 0.29) is 0 Å². The smallest absolute Gasteiger partial charge is 0.0634 e. The molecule has 2 heterocycles. The molecule has 178 valence electrons. The van der Waals surface area contributed by atoms with E-state index in [1.54, 1.807) is 0 Å². The zero-order valence-corrected chi connectivity index (χ0v) is 21.5. The minimum absolute atomic E-state index is 1.18. The van der Waals surface area contributed by atoms with Crippen LogP contribution in [0.25, 0.3) is 69.9 Å². The first-order valence-corrected chi connectivity index (χ1v) is 13.8. The number of aromatic nitrogens is 1. The lowest BCUT2D eigenvalue weighted by Crippen LogP contribution is -1.96. The van der Waals surface area contributed by atoms with Crippen LogP contribution < -0.4 is 0 Å². The fourth-order valence-corrected chi connectivity index (χ4v) is 6.98. The topological polar surface area (TPSA) is 4.93 Å². The van der Waals surface area contributed by atoms with Gasteiger partial charge >= 0.3 is 0 Å². The average molecular weight is 502 g/mol. The van der Waals surface area contributed by atoms with Crippen molar-refractivity contribution in [2.24, 2.45) is 0 Å². The minimum atomic E-state index is 1.18. The number of fused-ring (bicyclic) bond motifs is 7. The van der Waals surface area contributed by atoms with E-state index >= 15 is 0 Å². The first-order chi connectivity index (χ1) is 18.8. The van der Waals surface area contributed by atoms with Crippen LogP contribution in [0, 0.1) is 0 Å². The number of benzene rings is 6. The molecule has 0 aliphatic rings. The van der Waals surface area contributed by atoms with Crippen LogP contribution in [0.1, 0.15) is 0 Å². The molecule has 2 heteroatoms. The maximum absolute atomic E-state index is 2.49. The first-order valence-electron chi connectivity index (χ1n) is 12.9. The van der Waals surface area contributed by atoms with Gasteiger partial charge in [-0.2, -0.15) is 0 Å². The van der Waals surface area contributed by atoms with Gasteiger partial charge in [-0.05, 0) is 58.7 Å². The minimum Gasteiger partial charge on any atom is -0.309 e. The Bertz CT molecular complexity index is 2060. The number of hydrogen-bond donors (Lipinski definition) is 0. The Hall–Kier alpha value is -4.66. The van der Waals surface area contributed by atoms with Crippen LogP contribution >= 0.6 is 11.3 Å². The molecule has 1 nitrogen and oxygen atoms in total. The standard InChI is InChI=1S/C36H23NS/c1-3-11-24(12-4-1)26-21-27(25-13-5-2-6-14-25)23-28(22-26)37-32-17-9-7-15-29(32)30-19-20-34-35(36(30)37)31-16-8-10-18-33(31)38-34/h1-23H. The second-order valence-corrected chi connectivity index (χ2v) is 10.9. The summed E-state index contributed by atoms with van der Waals surface area (Å²) in [5.41, 5.74) is 8.57.